The molecule has 2 rings (SSSR count). The molecule has 2 aliphatic rings. The van der Waals surface area contributed by atoms with Gasteiger partial charge in [-0.15, -0.1) is 0 Å². The van der Waals surface area contributed by atoms with Crippen LogP contribution in [-0.2, 0) is 14.3 Å². The van der Waals surface area contributed by atoms with Crippen molar-refractivity contribution in [3.8, 4) is 0 Å². The molecule has 19 heavy (non-hydrogen) atoms. The second kappa shape index (κ2) is 5.49. The van der Waals surface area contributed by atoms with E-state index in [1.165, 1.54) is 20.0 Å². The van der Waals surface area contributed by atoms with Gasteiger partial charge in [0.2, 0.25) is 5.91 Å². The number of carbonyl (C=O) groups excluding carboxylic acids is 2. The monoisotopic (exact) mass is 268 g/mol. The first-order valence-electron chi connectivity index (χ1n) is 7.08. The molecule has 1 atom stereocenters. The number of hydrogen-bond donors (Lipinski definition) is 1. The summed E-state index contributed by atoms with van der Waals surface area (Å²) in [6.45, 7) is 4.91. The minimum absolute atomic E-state index is 0.0448. The molecule has 0 aromatic carbocycles. The fraction of sp³-hybridized carbons (Fsp3) is 0.857. The lowest BCUT2D eigenvalue weighted by Gasteiger charge is -2.50. The maximum absolute atomic E-state index is 12.1. The molecule has 1 unspecified atom stereocenters. The Morgan fingerprint density at radius 2 is 2.05 bits per heavy atom. The molecule has 0 aromatic rings. The van der Waals surface area contributed by atoms with E-state index in [1.807, 2.05) is 0 Å². The zero-order valence-corrected chi connectivity index (χ0v) is 12.1. The number of rotatable bonds is 3. The van der Waals surface area contributed by atoms with Crippen molar-refractivity contribution in [2.75, 3.05) is 13.7 Å². The highest BCUT2D eigenvalue weighted by molar-refractivity contribution is 5.87. The standard InChI is InChI=1S/C14H24N2O3/c1-14(2)9-15-13(18)11(8-12(17)19-3)16(14)10-6-4-5-7-10/h10-11H,4-9H2,1-3H3,(H,15,18). The van der Waals surface area contributed by atoms with Crippen LogP contribution in [0.2, 0.25) is 0 Å². The highest BCUT2D eigenvalue weighted by Crippen LogP contribution is 2.33. The Hall–Kier alpha value is -1.10. The smallest absolute Gasteiger partial charge is 0.307 e. The lowest BCUT2D eigenvalue weighted by Crippen LogP contribution is -2.68. The van der Waals surface area contributed by atoms with Gasteiger partial charge in [0, 0.05) is 18.1 Å². The average Bonchev–Trinajstić information content (AvgIpc) is 2.87. The zero-order chi connectivity index (χ0) is 14.0. The van der Waals surface area contributed by atoms with E-state index in [4.69, 9.17) is 4.74 Å². The highest BCUT2D eigenvalue weighted by atomic mass is 16.5. The van der Waals surface area contributed by atoms with E-state index in [0.717, 1.165) is 12.8 Å². The van der Waals surface area contributed by atoms with Crippen molar-refractivity contribution < 1.29 is 14.3 Å². The number of esters is 1. The second-order valence-corrected chi connectivity index (χ2v) is 6.17. The predicted molar refractivity (Wildman–Crippen MR) is 71.6 cm³/mol. The highest BCUT2D eigenvalue weighted by Gasteiger charge is 2.46. The lowest BCUT2D eigenvalue weighted by molar-refractivity contribution is -0.150. The minimum atomic E-state index is -0.390. The molecule has 1 N–H and O–H groups in total. The maximum atomic E-state index is 12.1. The van der Waals surface area contributed by atoms with Crippen LogP contribution < -0.4 is 5.32 Å². The Labute approximate surface area is 114 Å². The number of amides is 1. The van der Waals surface area contributed by atoms with Crippen LogP contribution >= 0.6 is 0 Å². The Kier molecular flexibility index (Phi) is 4.13. The van der Waals surface area contributed by atoms with Crippen LogP contribution in [-0.4, -0.2) is 48.1 Å². The van der Waals surface area contributed by atoms with Crippen molar-refractivity contribution in [3.63, 3.8) is 0 Å². The summed E-state index contributed by atoms with van der Waals surface area (Å²) >= 11 is 0. The molecular formula is C14H24N2O3. The van der Waals surface area contributed by atoms with Gasteiger partial charge in [0.15, 0.2) is 0 Å². The van der Waals surface area contributed by atoms with Gasteiger partial charge >= 0.3 is 5.97 Å². The van der Waals surface area contributed by atoms with Gasteiger partial charge in [0.1, 0.15) is 6.04 Å². The van der Waals surface area contributed by atoms with Crippen LogP contribution in [0.15, 0.2) is 0 Å². The third-order valence-corrected chi connectivity index (χ3v) is 4.34. The first kappa shape index (κ1) is 14.3. The molecule has 108 valence electrons. The van der Waals surface area contributed by atoms with E-state index in [1.54, 1.807) is 0 Å². The van der Waals surface area contributed by atoms with Crippen molar-refractivity contribution in [1.29, 1.82) is 0 Å². The first-order chi connectivity index (χ1) is 8.95. The molecule has 1 aliphatic heterocycles. The first-order valence-corrected chi connectivity index (χ1v) is 7.08. The van der Waals surface area contributed by atoms with Gasteiger partial charge in [-0.3, -0.25) is 14.5 Å². The van der Waals surface area contributed by atoms with E-state index in [9.17, 15) is 9.59 Å². The molecule has 1 aliphatic carbocycles. The molecule has 0 radical (unpaired) electrons. The van der Waals surface area contributed by atoms with Gasteiger partial charge in [0.05, 0.1) is 13.5 Å². The SMILES string of the molecule is COC(=O)CC1C(=O)NCC(C)(C)N1C1CCCC1. The summed E-state index contributed by atoms with van der Waals surface area (Å²) in [5, 5.41) is 2.92. The molecule has 0 spiro atoms. The van der Waals surface area contributed by atoms with E-state index in [0.29, 0.717) is 12.6 Å². The quantitative estimate of drug-likeness (QED) is 0.778. The molecular weight excluding hydrogens is 244 g/mol. The molecule has 2 fully saturated rings. The lowest BCUT2D eigenvalue weighted by atomic mass is 9.91. The molecule has 5 heteroatoms. The Balaban J connectivity index is 2.22. The summed E-state index contributed by atoms with van der Waals surface area (Å²) in [7, 11) is 1.37. The molecule has 5 nitrogen and oxygen atoms in total. The molecule has 1 amide bonds. The maximum Gasteiger partial charge on any atom is 0.307 e. The van der Waals surface area contributed by atoms with E-state index in [2.05, 4.69) is 24.1 Å². The van der Waals surface area contributed by atoms with Gasteiger partial charge in [0.25, 0.3) is 0 Å². The van der Waals surface area contributed by atoms with Crippen LogP contribution in [0, 0.1) is 0 Å². The predicted octanol–water partition coefficient (Wildman–Crippen LogP) is 1.07. The Morgan fingerprint density at radius 1 is 1.42 bits per heavy atom. The number of ether oxygens (including phenoxy) is 1. The molecule has 1 heterocycles. The number of methoxy groups -OCH3 is 1. The van der Waals surface area contributed by atoms with Crippen molar-refractivity contribution in [2.45, 2.75) is 63.6 Å². The van der Waals surface area contributed by atoms with E-state index < -0.39 is 0 Å². The van der Waals surface area contributed by atoms with Crippen LogP contribution in [0.4, 0.5) is 0 Å². The molecule has 0 bridgehead atoms. The van der Waals surface area contributed by atoms with Gasteiger partial charge in [-0.1, -0.05) is 12.8 Å². The Bertz CT molecular complexity index is 362. The van der Waals surface area contributed by atoms with Gasteiger partial charge in [-0.05, 0) is 26.7 Å². The van der Waals surface area contributed by atoms with Gasteiger partial charge < -0.3 is 10.1 Å². The minimum Gasteiger partial charge on any atom is -0.469 e. The van der Waals surface area contributed by atoms with Crippen LogP contribution in [0.25, 0.3) is 0 Å². The summed E-state index contributed by atoms with van der Waals surface area (Å²) in [5.74, 6) is -0.363. The molecule has 1 saturated heterocycles. The summed E-state index contributed by atoms with van der Waals surface area (Å²) in [6.07, 6.45) is 4.80. The number of nitrogens with one attached hydrogen (secondary N) is 1. The van der Waals surface area contributed by atoms with Crippen LogP contribution in [0.5, 0.6) is 0 Å². The summed E-state index contributed by atoms with van der Waals surface area (Å²) < 4.78 is 4.73. The van der Waals surface area contributed by atoms with E-state index >= 15 is 0 Å². The summed E-state index contributed by atoms with van der Waals surface area (Å²) in [5.41, 5.74) is -0.110. The number of nitrogens with zero attached hydrogens (tertiary/aromatic N) is 1. The molecule has 0 aromatic heterocycles. The normalized spacial score (nSPS) is 28.2. The fourth-order valence-electron chi connectivity index (χ4n) is 3.42. The summed E-state index contributed by atoms with van der Waals surface area (Å²) in [4.78, 5) is 26.0. The van der Waals surface area contributed by atoms with Crippen molar-refractivity contribution in [1.82, 2.24) is 10.2 Å². The van der Waals surface area contributed by atoms with Crippen LogP contribution in [0.1, 0.15) is 46.0 Å². The largest absolute Gasteiger partial charge is 0.469 e. The van der Waals surface area contributed by atoms with Crippen LogP contribution in [0.3, 0.4) is 0 Å². The number of piperazine rings is 1. The zero-order valence-electron chi connectivity index (χ0n) is 12.1. The second-order valence-electron chi connectivity index (χ2n) is 6.17. The van der Waals surface area contributed by atoms with Crippen molar-refractivity contribution in [3.05, 3.63) is 0 Å². The average molecular weight is 268 g/mol. The topological polar surface area (TPSA) is 58.6 Å². The third-order valence-electron chi connectivity index (χ3n) is 4.34. The Morgan fingerprint density at radius 3 is 2.63 bits per heavy atom. The van der Waals surface area contributed by atoms with E-state index in [-0.39, 0.29) is 29.9 Å². The van der Waals surface area contributed by atoms with Crippen molar-refractivity contribution in [2.24, 2.45) is 0 Å². The number of hydrogen-bond acceptors (Lipinski definition) is 4. The van der Waals surface area contributed by atoms with Gasteiger partial charge in [-0.25, -0.2) is 0 Å². The van der Waals surface area contributed by atoms with Crippen molar-refractivity contribution >= 4 is 11.9 Å². The number of carbonyl (C=O) groups is 2. The fourth-order valence-corrected chi connectivity index (χ4v) is 3.42. The third kappa shape index (κ3) is 2.91. The molecule has 1 saturated carbocycles. The summed E-state index contributed by atoms with van der Waals surface area (Å²) in [6, 6.07) is 0.0232. The van der Waals surface area contributed by atoms with Gasteiger partial charge in [-0.2, -0.15) is 0 Å².